The Morgan fingerprint density at radius 2 is 1.83 bits per heavy atom. The van der Waals surface area contributed by atoms with Crippen molar-refractivity contribution >= 4 is 27.5 Å². The largest absolute Gasteiger partial charge is 0.480 e. The summed E-state index contributed by atoms with van der Waals surface area (Å²) in [5, 5.41) is 8.85. The van der Waals surface area contributed by atoms with Gasteiger partial charge in [-0.2, -0.15) is 0 Å². The molecule has 122 valence electrons. The number of benzene rings is 2. The lowest BCUT2D eigenvalue weighted by molar-refractivity contribution is -0.137. The maximum atomic E-state index is 10.8. The van der Waals surface area contributed by atoms with Gasteiger partial charge in [0, 0.05) is 22.2 Å². The molecule has 4 heteroatoms. The molecule has 0 unspecified atom stereocenters. The molecule has 0 aliphatic heterocycles. The average Bonchev–Trinajstić information content (AvgIpc) is 2.56. The first-order valence-corrected chi connectivity index (χ1v) is 8.27. The lowest BCUT2D eigenvalue weighted by Gasteiger charge is -2.11. The molecule has 0 atom stereocenters. The first-order chi connectivity index (χ1) is 11.5. The molecular weight excluding hydrogens is 366 g/mol. The van der Waals surface area contributed by atoms with Gasteiger partial charge >= 0.3 is 5.97 Å². The average molecular weight is 384 g/mol. The quantitative estimate of drug-likeness (QED) is 0.795. The van der Waals surface area contributed by atoms with Gasteiger partial charge in [0.1, 0.15) is 0 Å². The van der Waals surface area contributed by atoms with Gasteiger partial charge in [-0.25, -0.2) is 0 Å². The second-order valence-corrected chi connectivity index (χ2v) is 6.25. The Morgan fingerprint density at radius 3 is 2.46 bits per heavy atom. The summed E-state index contributed by atoms with van der Waals surface area (Å²) in [6.07, 6.45) is 1.96. The van der Waals surface area contributed by atoms with Gasteiger partial charge in [0.25, 0.3) is 0 Å². The Morgan fingerprint density at radius 1 is 1.17 bits per heavy atom. The molecule has 0 saturated carbocycles. The first kappa shape index (κ1) is 18.0. The fraction of sp³-hybridized carbons (Fsp3) is 0.150. The van der Waals surface area contributed by atoms with Crippen molar-refractivity contribution in [2.24, 2.45) is 0 Å². The van der Waals surface area contributed by atoms with Crippen LogP contribution in [0.4, 0.5) is 0 Å². The van der Waals surface area contributed by atoms with Crippen LogP contribution in [0.2, 0.25) is 0 Å². The van der Waals surface area contributed by atoms with E-state index in [4.69, 9.17) is 5.11 Å². The zero-order valence-corrected chi connectivity index (χ0v) is 15.0. The summed E-state index contributed by atoms with van der Waals surface area (Å²) in [6, 6.07) is 17.7. The van der Waals surface area contributed by atoms with Crippen LogP contribution in [0.25, 0.3) is 5.57 Å². The number of likely N-dealkylation sites (N-methyl/N-ethyl adjacent to an activating group) is 1. The van der Waals surface area contributed by atoms with Crippen molar-refractivity contribution < 1.29 is 9.90 Å². The lowest BCUT2D eigenvalue weighted by Crippen LogP contribution is -2.25. The number of carboxylic acid groups (broad SMARTS) is 1. The number of rotatable bonds is 5. The van der Waals surface area contributed by atoms with Crippen LogP contribution in [0.5, 0.6) is 0 Å². The van der Waals surface area contributed by atoms with Crippen molar-refractivity contribution in [2.45, 2.75) is 0 Å². The highest BCUT2D eigenvalue weighted by Crippen LogP contribution is 2.14. The van der Waals surface area contributed by atoms with Gasteiger partial charge in [0.05, 0.1) is 6.54 Å². The summed E-state index contributed by atoms with van der Waals surface area (Å²) in [6.45, 7) is 0.518. The molecule has 0 radical (unpaired) electrons. The minimum Gasteiger partial charge on any atom is -0.480 e. The van der Waals surface area contributed by atoms with Crippen molar-refractivity contribution in [1.29, 1.82) is 0 Å². The third-order valence-corrected chi connectivity index (χ3v) is 3.81. The molecule has 24 heavy (non-hydrogen) atoms. The summed E-state index contributed by atoms with van der Waals surface area (Å²) in [7, 11) is 1.77. The van der Waals surface area contributed by atoms with E-state index in [0.717, 1.165) is 21.2 Å². The highest BCUT2D eigenvalue weighted by Gasteiger charge is 2.03. The van der Waals surface area contributed by atoms with Crippen molar-refractivity contribution in [3.63, 3.8) is 0 Å². The van der Waals surface area contributed by atoms with E-state index < -0.39 is 5.97 Å². The molecule has 0 aliphatic rings. The molecule has 0 bridgehead atoms. The fourth-order valence-electron chi connectivity index (χ4n) is 2.07. The van der Waals surface area contributed by atoms with Crippen LogP contribution in [0.15, 0.2) is 65.1 Å². The van der Waals surface area contributed by atoms with Gasteiger partial charge in [0.2, 0.25) is 0 Å². The van der Waals surface area contributed by atoms with E-state index in [-0.39, 0.29) is 6.54 Å². The zero-order chi connectivity index (χ0) is 17.4. The molecule has 0 spiro atoms. The number of halogens is 1. The number of aliphatic carboxylic acids is 1. The molecule has 3 nitrogen and oxygen atoms in total. The normalized spacial score (nSPS) is 11.0. The third-order valence-electron chi connectivity index (χ3n) is 3.28. The molecule has 0 fully saturated rings. The number of carboxylic acids is 1. The standard InChI is InChI=1S/C20H18BrNO2/c1-22(15-20(23)24)14-13-18(17-5-3-2-4-6-17)10-7-16-8-11-19(21)12-9-16/h2-6,8-9,11-13H,14-15H2,1H3,(H,23,24). The van der Waals surface area contributed by atoms with E-state index in [9.17, 15) is 4.79 Å². The molecule has 0 heterocycles. The van der Waals surface area contributed by atoms with Crippen LogP contribution in [0, 0.1) is 11.8 Å². The van der Waals surface area contributed by atoms with E-state index in [2.05, 4.69) is 27.8 Å². The Balaban J connectivity index is 2.24. The zero-order valence-electron chi connectivity index (χ0n) is 13.4. The van der Waals surface area contributed by atoms with Crippen LogP contribution in [-0.2, 0) is 4.79 Å². The van der Waals surface area contributed by atoms with Gasteiger partial charge in [-0.05, 0) is 36.9 Å². The van der Waals surface area contributed by atoms with Crippen molar-refractivity contribution in [3.8, 4) is 11.8 Å². The lowest BCUT2D eigenvalue weighted by atomic mass is 10.1. The highest BCUT2D eigenvalue weighted by molar-refractivity contribution is 9.10. The number of allylic oxidation sites excluding steroid dienone is 1. The van der Waals surface area contributed by atoms with Crippen LogP contribution in [-0.4, -0.2) is 36.1 Å². The maximum absolute atomic E-state index is 10.8. The Bertz CT molecular complexity index is 771. The van der Waals surface area contributed by atoms with Gasteiger partial charge < -0.3 is 5.11 Å². The third kappa shape index (κ3) is 6.04. The van der Waals surface area contributed by atoms with Gasteiger partial charge in [-0.3, -0.25) is 9.69 Å². The van der Waals surface area contributed by atoms with Crippen molar-refractivity contribution in [3.05, 3.63) is 76.3 Å². The Labute approximate surface area is 150 Å². The Kier molecular flexibility index (Phi) is 6.80. The molecule has 2 aromatic rings. The number of nitrogens with zero attached hydrogens (tertiary/aromatic N) is 1. The molecule has 0 aromatic heterocycles. The Hall–Kier alpha value is -2.35. The first-order valence-electron chi connectivity index (χ1n) is 7.48. The summed E-state index contributed by atoms with van der Waals surface area (Å²) in [5.74, 6) is 5.52. The summed E-state index contributed by atoms with van der Waals surface area (Å²) >= 11 is 3.41. The predicted molar refractivity (Wildman–Crippen MR) is 101 cm³/mol. The van der Waals surface area contributed by atoms with Gasteiger partial charge in [-0.15, -0.1) is 0 Å². The number of carbonyl (C=O) groups is 1. The van der Waals surface area contributed by atoms with E-state index >= 15 is 0 Å². The van der Waals surface area contributed by atoms with Gasteiger partial charge in [-0.1, -0.05) is 64.2 Å². The second-order valence-electron chi connectivity index (χ2n) is 5.33. The maximum Gasteiger partial charge on any atom is 0.317 e. The van der Waals surface area contributed by atoms with E-state index in [1.54, 1.807) is 11.9 Å². The van der Waals surface area contributed by atoms with Crippen LogP contribution >= 0.6 is 15.9 Å². The van der Waals surface area contributed by atoms with Crippen molar-refractivity contribution in [1.82, 2.24) is 4.90 Å². The topological polar surface area (TPSA) is 40.5 Å². The minimum absolute atomic E-state index is 0.00128. The highest BCUT2D eigenvalue weighted by atomic mass is 79.9. The molecule has 0 amide bonds. The number of hydrogen-bond donors (Lipinski definition) is 1. The molecule has 2 aromatic carbocycles. The van der Waals surface area contributed by atoms with Gasteiger partial charge in [0.15, 0.2) is 0 Å². The SMILES string of the molecule is CN(CC=C(C#Cc1ccc(Br)cc1)c1ccccc1)CC(=O)O. The molecule has 1 N–H and O–H groups in total. The molecule has 0 saturated heterocycles. The van der Waals surface area contributed by atoms with E-state index in [1.165, 1.54) is 0 Å². The van der Waals surface area contributed by atoms with Crippen LogP contribution in [0.1, 0.15) is 11.1 Å². The summed E-state index contributed by atoms with van der Waals surface area (Å²) in [5.41, 5.74) is 2.83. The van der Waals surface area contributed by atoms with Crippen LogP contribution in [0.3, 0.4) is 0 Å². The van der Waals surface area contributed by atoms with Crippen LogP contribution < -0.4 is 0 Å². The van der Waals surface area contributed by atoms with Crippen molar-refractivity contribution in [2.75, 3.05) is 20.1 Å². The predicted octanol–water partition coefficient (Wildman–Crippen LogP) is 3.90. The monoisotopic (exact) mass is 383 g/mol. The molecule has 2 rings (SSSR count). The van der Waals surface area contributed by atoms with E-state index in [0.29, 0.717) is 6.54 Å². The fourth-order valence-corrected chi connectivity index (χ4v) is 2.34. The second kappa shape index (κ2) is 9.07. The summed E-state index contributed by atoms with van der Waals surface area (Å²) in [4.78, 5) is 12.5. The smallest absolute Gasteiger partial charge is 0.317 e. The number of hydrogen-bond acceptors (Lipinski definition) is 2. The summed E-state index contributed by atoms with van der Waals surface area (Å²) < 4.78 is 1.02. The van der Waals surface area contributed by atoms with E-state index in [1.807, 2.05) is 60.7 Å². The molecular formula is C20H18BrNO2. The minimum atomic E-state index is -0.840. The molecule has 0 aliphatic carbocycles.